The number of imidazole rings is 1. The average Bonchev–Trinajstić information content (AvgIpc) is 3.12. The van der Waals surface area contributed by atoms with E-state index in [9.17, 15) is 0 Å². The molecule has 0 saturated heterocycles. The number of ether oxygens (including phenoxy) is 1. The van der Waals surface area contributed by atoms with Crippen LogP contribution in [0.25, 0.3) is 5.95 Å². The van der Waals surface area contributed by atoms with E-state index in [-0.39, 0.29) is 5.95 Å². The monoisotopic (exact) mass is 275 g/mol. The number of nitrogens with two attached hydrogens (primary N) is 1. The van der Waals surface area contributed by atoms with Gasteiger partial charge in [-0.15, -0.1) is 0 Å². The normalized spacial score (nSPS) is 14.4. The Morgan fingerprint density at radius 2 is 2.25 bits per heavy atom. The summed E-state index contributed by atoms with van der Waals surface area (Å²) in [4.78, 5) is 19.0. The minimum Gasteiger partial charge on any atom is -0.383 e. The number of anilines is 2. The lowest BCUT2D eigenvalue weighted by Crippen LogP contribution is -2.31. The van der Waals surface area contributed by atoms with Crippen molar-refractivity contribution in [3.63, 3.8) is 0 Å². The van der Waals surface area contributed by atoms with Crippen LogP contribution in [-0.4, -0.2) is 50.8 Å². The SMILES string of the molecule is COCCN(c1nc(N)nc(-n2ccnc2)n1)C1CC1. The first-order valence-electron chi connectivity index (χ1n) is 6.53. The molecule has 0 atom stereocenters. The predicted molar refractivity (Wildman–Crippen MR) is 73.6 cm³/mol. The molecule has 2 aromatic heterocycles. The van der Waals surface area contributed by atoms with Crippen molar-refractivity contribution in [1.82, 2.24) is 24.5 Å². The number of methoxy groups -OCH3 is 1. The van der Waals surface area contributed by atoms with Gasteiger partial charge < -0.3 is 15.4 Å². The van der Waals surface area contributed by atoms with Gasteiger partial charge >= 0.3 is 0 Å². The molecule has 0 bridgehead atoms. The zero-order valence-corrected chi connectivity index (χ0v) is 11.3. The molecule has 2 N–H and O–H groups in total. The highest BCUT2D eigenvalue weighted by Gasteiger charge is 2.31. The summed E-state index contributed by atoms with van der Waals surface area (Å²) in [6, 6.07) is 0.475. The van der Waals surface area contributed by atoms with Crippen molar-refractivity contribution < 1.29 is 4.74 Å². The Morgan fingerprint density at radius 3 is 2.90 bits per heavy atom. The Bertz CT molecular complexity index is 567. The Kier molecular flexibility index (Phi) is 3.46. The second kappa shape index (κ2) is 5.41. The fourth-order valence-corrected chi connectivity index (χ4v) is 2.01. The molecule has 0 unspecified atom stereocenters. The van der Waals surface area contributed by atoms with Gasteiger partial charge in [-0.1, -0.05) is 0 Å². The maximum atomic E-state index is 5.80. The third-order valence-electron chi connectivity index (χ3n) is 3.15. The van der Waals surface area contributed by atoms with Crippen molar-refractivity contribution in [3.8, 4) is 5.95 Å². The number of hydrogen-bond donors (Lipinski definition) is 1. The molecule has 0 amide bonds. The highest BCUT2D eigenvalue weighted by molar-refractivity contribution is 5.40. The maximum absolute atomic E-state index is 5.80. The lowest BCUT2D eigenvalue weighted by atomic mass is 10.5. The van der Waals surface area contributed by atoms with Crippen LogP contribution in [0.4, 0.5) is 11.9 Å². The van der Waals surface area contributed by atoms with E-state index < -0.39 is 0 Å². The van der Waals surface area contributed by atoms with Gasteiger partial charge in [0.2, 0.25) is 17.8 Å². The molecule has 0 radical (unpaired) electrons. The van der Waals surface area contributed by atoms with Crippen molar-refractivity contribution in [2.24, 2.45) is 0 Å². The van der Waals surface area contributed by atoms with Gasteiger partial charge in [0, 0.05) is 32.1 Å². The minimum atomic E-state index is 0.210. The van der Waals surface area contributed by atoms with Crippen molar-refractivity contribution in [3.05, 3.63) is 18.7 Å². The lowest BCUT2D eigenvalue weighted by Gasteiger charge is -2.22. The van der Waals surface area contributed by atoms with E-state index >= 15 is 0 Å². The Balaban J connectivity index is 1.91. The van der Waals surface area contributed by atoms with Gasteiger partial charge in [-0.3, -0.25) is 4.57 Å². The van der Waals surface area contributed by atoms with Gasteiger partial charge in [0.05, 0.1) is 6.61 Å². The lowest BCUT2D eigenvalue weighted by molar-refractivity contribution is 0.204. The summed E-state index contributed by atoms with van der Waals surface area (Å²) in [7, 11) is 1.68. The van der Waals surface area contributed by atoms with Gasteiger partial charge in [0.25, 0.3) is 0 Å². The van der Waals surface area contributed by atoms with Crippen molar-refractivity contribution in [2.45, 2.75) is 18.9 Å². The van der Waals surface area contributed by atoms with Crippen molar-refractivity contribution in [2.75, 3.05) is 30.9 Å². The van der Waals surface area contributed by atoms with Crippen LogP contribution in [-0.2, 0) is 4.74 Å². The number of rotatable bonds is 6. The van der Waals surface area contributed by atoms with Crippen LogP contribution in [0, 0.1) is 0 Å². The maximum Gasteiger partial charge on any atom is 0.241 e. The smallest absolute Gasteiger partial charge is 0.241 e. The Hall–Kier alpha value is -2.22. The molecular weight excluding hydrogens is 258 g/mol. The first kappa shape index (κ1) is 12.8. The van der Waals surface area contributed by atoms with E-state index in [1.165, 1.54) is 0 Å². The van der Waals surface area contributed by atoms with Crippen LogP contribution in [0.3, 0.4) is 0 Å². The van der Waals surface area contributed by atoms with E-state index in [1.54, 1.807) is 30.4 Å². The summed E-state index contributed by atoms with van der Waals surface area (Å²) >= 11 is 0. The average molecular weight is 275 g/mol. The van der Waals surface area contributed by atoms with Gasteiger partial charge in [-0.2, -0.15) is 15.0 Å². The molecule has 0 spiro atoms. The fourth-order valence-electron chi connectivity index (χ4n) is 2.01. The number of nitrogen functional groups attached to an aromatic ring is 1. The Morgan fingerprint density at radius 1 is 1.40 bits per heavy atom. The first-order chi connectivity index (χ1) is 9.78. The zero-order chi connectivity index (χ0) is 13.9. The van der Waals surface area contributed by atoms with Crippen LogP contribution in [0.15, 0.2) is 18.7 Å². The van der Waals surface area contributed by atoms with Gasteiger partial charge in [0.1, 0.15) is 6.33 Å². The molecule has 0 aliphatic heterocycles. The third-order valence-corrected chi connectivity index (χ3v) is 3.15. The molecule has 3 rings (SSSR count). The molecule has 8 heteroatoms. The van der Waals surface area contributed by atoms with Gasteiger partial charge in [-0.25, -0.2) is 4.98 Å². The van der Waals surface area contributed by atoms with Gasteiger partial charge in [-0.05, 0) is 12.8 Å². The van der Waals surface area contributed by atoms with Crippen LogP contribution in [0.1, 0.15) is 12.8 Å². The molecule has 0 aromatic carbocycles. The van der Waals surface area contributed by atoms with Gasteiger partial charge in [0.15, 0.2) is 0 Å². The molecule has 106 valence electrons. The molecule has 1 fully saturated rings. The number of nitrogens with zero attached hydrogens (tertiary/aromatic N) is 6. The first-order valence-corrected chi connectivity index (χ1v) is 6.53. The van der Waals surface area contributed by atoms with Crippen LogP contribution in [0.2, 0.25) is 0 Å². The molecule has 20 heavy (non-hydrogen) atoms. The van der Waals surface area contributed by atoms with Crippen molar-refractivity contribution >= 4 is 11.9 Å². The van der Waals surface area contributed by atoms with Crippen LogP contribution in [0.5, 0.6) is 0 Å². The predicted octanol–water partition coefficient (Wildman–Crippen LogP) is 0.255. The van der Waals surface area contributed by atoms with Crippen LogP contribution >= 0.6 is 0 Å². The second-order valence-electron chi connectivity index (χ2n) is 4.68. The zero-order valence-electron chi connectivity index (χ0n) is 11.3. The van der Waals surface area contributed by atoms with Crippen LogP contribution < -0.4 is 10.6 Å². The summed E-state index contributed by atoms with van der Waals surface area (Å²) in [6.07, 6.45) is 7.37. The van der Waals surface area contributed by atoms with E-state index in [0.29, 0.717) is 24.5 Å². The molecule has 2 heterocycles. The summed E-state index contributed by atoms with van der Waals surface area (Å²) in [6.45, 7) is 1.37. The summed E-state index contributed by atoms with van der Waals surface area (Å²) < 4.78 is 6.86. The highest BCUT2D eigenvalue weighted by Crippen LogP contribution is 2.29. The van der Waals surface area contributed by atoms with E-state index in [1.807, 2.05) is 0 Å². The number of hydrogen-bond acceptors (Lipinski definition) is 7. The summed E-state index contributed by atoms with van der Waals surface area (Å²) in [5.74, 6) is 1.29. The van der Waals surface area contributed by atoms with E-state index in [0.717, 1.165) is 19.4 Å². The quantitative estimate of drug-likeness (QED) is 0.807. The summed E-state index contributed by atoms with van der Waals surface area (Å²) in [5.41, 5.74) is 5.80. The van der Waals surface area contributed by atoms with E-state index in [2.05, 4.69) is 24.8 Å². The largest absolute Gasteiger partial charge is 0.383 e. The highest BCUT2D eigenvalue weighted by atomic mass is 16.5. The molecule has 8 nitrogen and oxygen atoms in total. The third kappa shape index (κ3) is 2.69. The standard InChI is InChI=1S/C12H17N7O/c1-20-7-6-19(9-2-3-9)12-16-10(13)15-11(17-12)18-5-4-14-8-18/h4-5,8-9H,2-3,6-7H2,1H3,(H2,13,15,16,17). The van der Waals surface area contributed by atoms with Crippen molar-refractivity contribution in [1.29, 1.82) is 0 Å². The number of aromatic nitrogens is 5. The fraction of sp³-hybridized carbons (Fsp3) is 0.500. The molecule has 1 saturated carbocycles. The molecular formula is C12H17N7O. The Labute approximate surface area is 116 Å². The van der Waals surface area contributed by atoms with E-state index in [4.69, 9.17) is 10.5 Å². The second-order valence-corrected chi connectivity index (χ2v) is 4.68. The minimum absolute atomic E-state index is 0.210. The molecule has 2 aromatic rings. The summed E-state index contributed by atoms with van der Waals surface area (Å²) in [5, 5.41) is 0. The molecule has 1 aliphatic carbocycles. The topological polar surface area (TPSA) is 95.0 Å². The molecule has 1 aliphatic rings.